The van der Waals surface area contributed by atoms with Crippen LogP contribution in [0.5, 0.6) is 0 Å². The molecule has 142 valence electrons. The fourth-order valence-electron chi connectivity index (χ4n) is 5.42. The molecule has 0 spiro atoms. The van der Waals surface area contributed by atoms with Crippen LogP contribution in [0.3, 0.4) is 0 Å². The quantitative estimate of drug-likeness (QED) is 0.853. The van der Waals surface area contributed by atoms with Crippen molar-refractivity contribution in [2.75, 3.05) is 13.1 Å². The molecule has 26 heavy (non-hydrogen) atoms. The average Bonchev–Trinajstić information content (AvgIpc) is 3.14. The molecule has 1 heterocycles. The van der Waals surface area contributed by atoms with Gasteiger partial charge in [0.2, 0.25) is 5.91 Å². The molecule has 1 aromatic carbocycles. The van der Waals surface area contributed by atoms with Crippen molar-refractivity contribution < 1.29 is 4.79 Å². The molecule has 0 radical (unpaired) electrons. The van der Waals surface area contributed by atoms with Gasteiger partial charge in [0.05, 0.1) is 5.92 Å². The zero-order valence-corrected chi connectivity index (χ0v) is 15.8. The van der Waals surface area contributed by atoms with Gasteiger partial charge in [-0.1, -0.05) is 37.1 Å². The number of nitrogens with one attached hydrogen (secondary N) is 1. The van der Waals surface area contributed by atoms with E-state index >= 15 is 0 Å². The number of likely N-dealkylation sites (tertiary alicyclic amines) is 1. The Bertz CT molecular complexity index is 622. The number of rotatable bonds is 5. The topological polar surface area (TPSA) is 58.4 Å². The van der Waals surface area contributed by atoms with Crippen molar-refractivity contribution >= 4 is 5.91 Å². The Morgan fingerprint density at radius 2 is 1.81 bits per heavy atom. The molecule has 3 N–H and O–H groups in total. The summed E-state index contributed by atoms with van der Waals surface area (Å²) >= 11 is 0. The standard InChI is InChI=1S/C22H33N3O/c23-21-19-9-8-18(13-19)20(21)22(26)24-14-16-6-5-7-17(12-16)15-25-10-3-1-2-4-11-25/h5-7,12,18-21H,1-4,8-11,13-15,23H2,(H,24,26). The minimum atomic E-state index is 0.0361. The highest BCUT2D eigenvalue weighted by Gasteiger charge is 2.48. The van der Waals surface area contributed by atoms with Crippen LogP contribution in [0.2, 0.25) is 0 Å². The molecule has 0 aromatic heterocycles. The number of nitrogens with zero attached hydrogens (tertiary/aromatic N) is 1. The number of carbonyl (C=O) groups is 1. The van der Waals surface area contributed by atoms with Gasteiger partial charge < -0.3 is 11.1 Å². The van der Waals surface area contributed by atoms with Crippen LogP contribution in [0.25, 0.3) is 0 Å². The lowest BCUT2D eigenvalue weighted by Crippen LogP contribution is -2.45. The van der Waals surface area contributed by atoms with Crippen LogP contribution < -0.4 is 11.1 Å². The van der Waals surface area contributed by atoms with Crippen molar-refractivity contribution in [2.24, 2.45) is 23.5 Å². The molecule has 4 rings (SSSR count). The van der Waals surface area contributed by atoms with Crippen molar-refractivity contribution in [3.63, 3.8) is 0 Å². The van der Waals surface area contributed by atoms with Crippen molar-refractivity contribution in [3.05, 3.63) is 35.4 Å². The Hall–Kier alpha value is -1.39. The predicted molar refractivity (Wildman–Crippen MR) is 104 cm³/mol. The van der Waals surface area contributed by atoms with E-state index in [1.165, 1.54) is 62.7 Å². The summed E-state index contributed by atoms with van der Waals surface area (Å²) in [5.41, 5.74) is 8.86. The fraction of sp³-hybridized carbons (Fsp3) is 0.682. The van der Waals surface area contributed by atoms with Crippen LogP contribution in [0.4, 0.5) is 0 Å². The molecule has 4 heteroatoms. The molecule has 2 bridgehead atoms. The summed E-state index contributed by atoms with van der Waals surface area (Å²) in [6.45, 7) is 4.07. The Labute approximate surface area is 157 Å². The van der Waals surface area contributed by atoms with Crippen molar-refractivity contribution in [1.82, 2.24) is 10.2 Å². The molecule has 4 nitrogen and oxygen atoms in total. The summed E-state index contributed by atoms with van der Waals surface area (Å²) < 4.78 is 0. The first-order valence-electron chi connectivity index (χ1n) is 10.5. The van der Waals surface area contributed by atoms with Gasteiger partial charge in [0.25, 0.3) is 0 Å². The molecular weight excluding hydrogens is 322 g/mol. The molecule has 3 fully saturated rings. The minimum absolute atomic E-state index is 0.0361. The van der Waals surface area contributed by atoms with E-state index in [1.54, 1.807) is 0 Å². The maximum Gasteiger partial charge on any atom is 0.225 e. The average molecular weight is 356 g/mol. The highest BCUT2D eigenvalue weighted by atomic mass is 16.1. The summed E-state index contributed by atoms with van der Waals surface area (Å²) in [7, 11) is 0. The predicted octanol–water partition coefficient (Wildman–Crippen LogP) is 3.05. The van der Waals surface area contributed by atoms with Gasteiger partial charge in [-0.2, -0.15) is 0 Å². The van der Waals surface area contributed by atoms with E-state index in [2.05, 4.69) is 34.5 Å². The van der Waals surface area contributed by atoms with Crippen LogP contribution >= 0.6 is 0 Å². The zero-order chi connectivity index (χ0) is 17.9. The fourth-order valence-corrected chi connectivity index (χ4v) is 5.42. The van der Waals surface area contributed by atoms with Gasteiger partial charge in [-0.3, -0.25) is 9.69 Å². The molecule has 1 amide bonds. The van der Waals surface area contributed by atoms with Gasteiger partial charge in [0.1, 0.15) is 0 Å². The van der Waals surface area contributed by atoms with Crippen LogP contribution in [0.15, 0.2) is 24.3 Å². The number of carbonyl (C=O) groups excluding carboxylic acids is 1. The summed E-state index contributed by atoms with van der Waals surface area (Å²) in [5.74, 6) is 1.30. The van der Waals surface area contributed by atoms with Gasteiger partial charge in [-0.15, -0.1) is 0 Å². The smallest absolute Gasteiger partial charge is 0.225 e. The number of benzene rings is 1. The number of fused-ring (bicyclic) bond motifs is 2. The molecule has 1 aromatic rings. The minimum Gasteiger partial charge on any atom is -0.352 e. The SMILES string of the molecule is NC1C2CCC(C2)C1C(=O)NCc1cccc(CN2CCCCCC2)c1. The van der Waals surface area contributed by atoms with E-state index in [0.29, 0.717) is 18.4 Å². The third-order valence-electron chi connectivity index (χ3n) is 6.85. The van der Waals surface area contributed by atoms with Crippen LogP contribution in [-0.2, 0) is 17.9 Å². The van der Waals surface area contributed by atoms with E-state index in [-0.39, 0.29) is 17.9 Å². The molecular formula is C22H33N3O. The normalized spacial score (nSPS) is 31.7. The van der Waals surface area contributed by atoms with E-state index in [1.807, 2.05) is 0 Å². The van der Waals surface area contributed by atoms with E-state index in [0.717, 1.165) is 13.0 Å². The lowest BCUT2D eigenvalue weighted by atomic mass is 9.84. The molecule has 2 saturated carbocycles. The maximum absolute atomic E-state index is 12.7. The van der Waals surface area contributed by atoms with E-state index in [4.69, 9.17) is 5.73 Å². The molecule has 1 aliphatic heterocycles. The third kappa shape index (κ3) is 3.96. The molecule has 1 saturated heterocycles. The Morgan fingerprint density at radius 1 is 1.08 bits per heavy atom. The second-order valence-corrected chi connectivity index (χ2v) is 8.66. The lowest BCUT2D eigenvalue weighted by Gasteiger charge is -2.27. The summed E-state index contributed by atoms with van der Waals surface area (Å²) in [6.07, 6.45) is 8.93. The van der Waals surface area contributed by atoms with E-state index in [9.17, 15) is 4.79 Å². The van der Waals surface area contributed by atoms with Gasteiger partial charge in [-0.25, -0.2) is 0 Å². The summed E-state index contributed by atoms with van der Waals surface area (Å²) in [5, 5.41) is 3.16. The van der Waals surface area contributed by atoms with Gasteiger partial charge >= 0.3 is 0 Å². The Balaban J connectivity index is 1.31. The zero-order valence-electron chi connectivity index (χ0n) is 15.8. The second-order valence-electron chi connectivity index (χ2n) is 8.66. The second kappa shape index (κ2) is 8.10. The Kier molecular flexibility index (Phi) is 5.60. The summed E-state index contributed by atoms with van der Waals surface area (Å²) in [4.78, 5) is 15.2. The van der Waals surface area contributed by atoms with Crippen LogP contribution in [0, 0.1) is 17.8 Å². The van der Waals surface area contributed by atoms with Crippen molar-refractivity contribution in [3.8, 4) is 0 Å². The van der Waals surface area contributed by atoms with Crippen molar-refractivity contribution in [1.29, 1.82) is 0 Å². The maximum atomic E-state index is 12.7. The van der Waals surface area contributed by atoms with Crippen LogP contribution in [-0.4, -0.2) is 29.9 Å². The Morgan fingerprint density at radius 3 is 2.54 bits per heavy atom. The number of hydrogen-bond acceptors (Lipinski definition) is 3. The first kappa shape index (κ1) is 18.0. The largest absolute Gasteiger partial charge is 0.352 e. The van der Waals surface area contributed by atoms with Crippen LogP contribution in [0.1, 0.15) is 56.1 Å². The highest BCUT2D eigenvalue weighted by molar-refractivity contribution is 5.80. The molecule has 3 aliphatic rings. The van der Waals surface area contributed by atoms with Gasteiger partial charge in [0, 0.05) is 19.1 Å². The number of amides is 1. The molecule has 4 atom stereocenters. The first-order valence-corrected chi connectivity index (χ1v) is 10.5. The first-order chi connectivity index (χ1) is 12.7. The monoisotopic (exact) mass is 355 g/mol. The molecule has 2 aliphatic carbocycles. The van der Waals surface area contributed by atoms with Gasteiger partial charge in [0.15, 0.2) is 0 Å². The third-order valence-corrected chi connectivity index (χ3v) is 6.85. The number of nitrogens with two attached hydrogens (primary N) is 1. The van der Waals surface area contributed by atoms with Gasteiger partial charge in [-0.05, 0) is 68.2 Å². The van der Waals surface area contributed by atoms with E-state index < -0.39 is 0 Å². The number of hydrogen-bond donors (Lipinski definition) is 2. The summed E-state index contributed by atoms with van der Waals surface area (Å²) in [6, 6.07) is 8.78. The van der Waals surface area contributed by atoms with Crippen molar-refractivity contribution in [2.45, 2.75) is 64.1 Å². The lowest BCUT2D eigenvalue weighted by molar-refractivity contribution is -0.127. The molecule has 4 unspecified atom stereocenters. The highest BCUT2D eigenvalue weighted by Crippen LogP contribution is 2.47.